The van der Waals surface area contributed by atoms with Crippen LogP contribution in [0.25, 0.3) is 10.9 Å². The van der Waals surface area contributed by atoms with Crippen LogP contribution in [0, 0.1) is 11.8 Å². The van der Waals surface area contributed by atoms with Gasteiger partial charge in [-0.05, 0) is 129 Å². The lowest BCUT2D eigenvalue weighted by molar-refractivity contribution is -0.0336. The highest BCUT2D eigenvalue weighted by atomic mass is 16.6. The Balaban J connectivity index is 0.764. The Morgan fingerprint density at radius 2 is 1.59 bits per heavy atom. The van der Waals surface area contributed by atoms with E-state index in [1.54, 1.807) is 48.3 Å². The number of amides is 3. The second kappa shape index (κ2) is 20.5. The van der Waals surface area contributed by atoms with Crippen LogP contribution in [0.3, 0.4) is 0 Å². The van der Waals surface area contributed by atoms with Crippen LogP contribution in [0.1, 0.15) is 81.7 Å². The van der Waals surface area contributed by atoms with Crippen molar-refractivity contribution in [2.45, 2.75) is 50.4 Å². The van der Waals surface area contributed by atoms with Crippen molar-refractivity contribution in [3.8, 4) is 11.5 Å². The Morgan fingerprint density at radius 1 is 0.859 bits per heavy atom. The Morgan fingerprint density at radius 3 is 2.33 bits per heavy atom. The molecule has 336 valence electrons. The van der Waals surface area contributed by atoms with Gasteiger partial charge in [0.1, 0.15) is 17.6 Å². The number of likely N-dealkylation sites (tertiary alicyclic amines) is 1. The Hall–Kier alpha value is -6.22. The highest BCUT2D eigenvalue weighted by molar-refractivity contribution is 5.97. The van der Waals surface area contributed by atoms with E-state index in [0.29, 0.717) is 67.2 Å². The molecule has 0 spiro atoms. The number of hydrogen-bond donors (Lipinski definition) is 5. The summed E-state index contributed by atoms with van der Waals surface area (Å²) in [5, 5.41) is 27.9. The fourth-order valence-corrected chi connectivity index (χ4v) is 9.24. The third-order valence-electron chi connectivity index (χ3n) is 13.0. The fourth-order valence-electron chi connectivity index (χ4n) is 9.24. The van der Waals surface area contributed by atoms with Crippen LogP contribution >= 0.6 is 0 Å². The highest BCUT2D eigenvalue weighted by Crippen LogP contribution is 2.32. The van der Waals surface area contributed by atoms with E-state index in [4.69, 9.17) is 9.47 Å². The van der Waals surface area contributed by atoms with Crippen molar-refractivity contribution in [2.24, 2.45) is 11.8 Å². The molecule has 4 aliphatic rings. The lowest BCUT2D eigenvalue weighted by Crippen LogP contribution is -2.52. The first kappa shape index (κ1) is 44.4. The zero-order chi connectivity index (χ0) is 44.6. The summed E-state index contributed by atoms with van der Waals surface area (Å²) in [6, 6.07) is 30.2. The SMILES string of the molecule is CN(CCCNC[C@H](O)c1ccc(O)c2[nH]c(=O)ccc12)C(=O)c1ccc(C(=O)N2CCC(COc3cccc([C@@H](NC(=O)O[C@H]4CN5CCC4CC5)c4ccccc4)c3)CC2)cc1. The number of hydrogen-bond acceptors (Lipinski definition) is 10. The molecule has 0 unspecified atom stereocenters. The predicted octanol–water partition coefficient (Wildman–Crippen LogP) is 5.86. The first-order valence-electron chi connectivity index (χ1n) is 22.5. The Kier molecular flexibility index (Phi) is 14.2. The van der Waals surface area contributed by atoms with Crippen molar-refractivity contribution in [3.05, 3.63) is 141 Å². The highest BCUT2D eigenvalue weighted by Gasteiger charge is 2.37. The van der Waals surface area contributed by atoms with Crippen LogP contribution in [0.2, 0.25) is 0 Å². The van der Waals surface area contributed by atoms with Gasteiger partial charge in [-0.2, -0.15) is 0 Å². The maximum atomic E-state index is 13.5. The molecule has 4 aliphatic heterocycles. The zero-order valence-corrected chi connectivity index (χ0v) is 36.3. The predicted molar refractivity (Wildman–Crippen MR) is 244 cm³/mol. The number of phenolic OH excluding ortho intramolecular Hbond substituents is 1. The number of aromatic amines is 1. The second-order valence-electron chi connectivity index (χ2n) is 17.4. The van der Waals surface area contributed by atoms with E-state index in [0.717, 1.165) is 62.2 Å². The molecule has 14 heteroatoms. The molecule has 5 aromatic rings. The molecule has 3 amide bonds. The van der Waals surface area contributed by atoms with Gasteiger partial charge in [-0.3, -0.25) is 19.3 Å². The van der Waals surface area contributed by atoms with Crippen LogP contribution in [0.5, 0.6) is 11.5 Å². The minimum atomic E-state index is -0.868. The van der Waals surface area contributed by atoms with Gasteiger partial charge in [-0.25, -0.2) is 4.79 Å². The van der Waals surface area contributed by atoms with Gasteiger partial charge in [-0.1, -0.05) is 48.5 Å². The molecule has 0 aliphatic carbocycles. The van der Waals surface area contributed by atoms with Crippen molar-refractivity contribution in [2.75, 3.05) is 66.0 Å². The number of nitrogens with zero attached hydrogens (tertiary/aromatic N) is 3. The van der Waals surface area contributed by atoms with E-state index in [1.807, 2.05) is 59.5 Å². The molecule has 5 N–H and O–H groups in total. The number of piperidine rings is 4. The molecule has 9 rings (SSSR count). The van der Waals surface area contributed by atoms with Crippen molar-refractivity contribution >= 4 is 28.8 Å². The second-order valence-corrected chi connectivity index (χ2v) is 17.4. The van der Waals surface area contributed by atoms with Crippen LogP contribution < -0.4 is 20.9 Å². The van der Waals surface area contributed by atoms with E-state index in [1.165, 1.54) is 12.1 Å². The molecule has 14 nitrogen and oxygen atoms in total. The molecule has 0 saturated carbocycles. The minimum Gasteiger partial charge on any atom is -0.506 e. The first-order valence-corrected chi connectivity index (χ1v) is 22.5. The molecule has 0 radical (unpaired) electrons. The number of aromatic nitrogens is 1. The summed E-state index contributed by atoms with van der Waals surface area (Å²) in [7, 11) is 1.74. The van der Waals surface area contributed by atoms with E-state index in [9.17, 15) is 29.4 Å². The number of aliphatic hydroxyl groups excluding tert-OH is 1. The van der Waals surface area contributed by atoms with E-state index in [2.05, 4.69) is 20.5 Å². The summed E-state index contributed by atoms with van der Waals surface area (Å²) < 4.78 is 12.3. The molecule has 2 bridgehead atoms. The van der Waals surface area contributed by atoms with Crippen molar-refractivity contribution in [1.29, 1.82) is 0 Å². The summed E-state index contributed by atoms with van der Waals surface area (Å²) in [6.45, 7) is 5.97. The van der Waals surface area contributed by atoms with Crippen LogP contribution in [-0.2, 0) is 4.74 Å². The third kappa shape index (κ3) is 10.8. The monoisotopic (exact) mass is 870 g/mol. The number of alkyl carbamates (subject to hydrolysis) is 1. The lowest BCUT2D eigenvalue weighted by Gasteiger charge is -2.43. The maximum absolute atomic E-state index is 13.5. The number of aromatic hydroxyl groups is 1. The normalized spacial score (nSPS) is 19.5. The summed E-state index contributed by atoms with van der Waals surface area (Å²) in [5.41, 5.74) is 3.42. The standard InChI is InChI=1S/C50H58N6O8/c1-54(24-6-23-51-30-43(58)40-15-17-42(57)47-41(40)16-18-45(59)52-47)48(60)36-11-13-37(14-12-36)49(61)56-27-19-33(20-28-56)32-63-39-10-5-9-38(29-39)46(35-7-3-2-4-8-35)53-50(62)64-44-31-55-25-21-34(44)22-26-55/h2-5,7-18,29,33-34,43-44,46,51,57-58H,6,19-28,30-32H2,1H3,(H,52,59)(H,53,62)/t43-,44-,46-/m0/s1. The van der Waals surface area contributed by atoms with E-state index in [-0.39, 0.29) is 47.2 Å². The molecule has 3 atom stereocenters. The zero-order valence-electron chi connectivity index (χ0n) is 36.3. The van der Waals surface area contributed by atoms with Gasteiger partial charge in [0.2, 0.25) is 5.56 Å². The number of benzene rings is 4. The number of carbonyl (C=O) groups is 3. The molecular formula is C50H58N6O8. The molecule has 4 fully saturated rings. The van der Waals surface area contributed by atoms with Gasteiger partial charge in [0.05, 0.1) is 24.3 Å². The number of rotatable bonds is 16. The van der Waals surface area contributed by atoms with Gasteiger partial charge < -0.3 is 45.1 Å². The van der Waals surface area contributed by atoms with Gasteiger partial charge in [0, 0.05) is 62.4 Å². The maximum Gasteiger partial charge on any atom is 0.408 e. The fraction of sp³-hybridized carbons (Fsp3) is 0.400. The Labute approximate surface area is 373 Å². The van der Waals surface area contributed by atoms with Gasteiger partial charge in [0.15, 0.2) is 0 Å². The summed E-state index contributed by atoms with van der Waals surface area (Å²) in [5.74, 6) is 1.14. The largest absolute Gasteiger partial charge is 0.506 e. The average Bonchev–Trinajstić information content (AvgIpc) is 3.33. The van der Waals surface area contributed by atoms with Gasteiger partial charge >= 0.3 is 6.09 Å². The number of carbonyl (C=O) groups excluding carboxylic acids is 3. The van der Waals surface area contributed by atoms with Crippen LogP contribution in [-0.4, -0.2) is 120 Å². The number of ether oxygens (including phenoxy) is 2. The molecule has 4 saturated heterocycles. The summed E-state index contributed by atoms with van der Waals surface area (Å²) in [4.78, 5) is 60.2. The number of nitrogens with one attached hydrogen (secondary N) is 3. The molecule has 4 aromatic carbocycles. The number of fused-ring (bicyclic) bond motifs is 4. The van der Waals surface area contributed by atoms with Gasteiger partial charge in [-0.15, -0.1) is 0 Å². The summed E-state index contributed by atoms with van der Waals surface area (Å²) >= 11 is 0. The average molecular weight is 871 g/mol. The number of aliphatic hydroxyl groups is 1. The van der Waals surface area contributed by atoms with Crippen molar-refractivity contribution in [3.63, 3.8) is 0 Å². The molecule has 64 heavy (non-hydrogen) atoms. The first-order chi connectivity index (χ1) is 31.1. The van der Waals surface area contributed by atoms with E-state index >= 15 is 0 Å². The molecule has 1 aromatic heterocycles. The number of phenols is 1. The smallest absolute Gasteiger partial charge is 0.408 e. The quantitative estimate of drug-likeness (QED) is 0.0756. The third-order valence-corrected chi connectivity index (χ3v) is 13.0. The summed E-state index contributed by atoms with van der Waals surface area (Å²) in [6.07, 6.45) is 3.03. The number of H-pyrrole nitrogens is 1. The van der Waals surface area contributed by atoms with Crippen molar-refractivity contribution in [1.82, 2.24) is 30.3 Å². The van der Waals surface area contributed by atoms with Crippen molar-refractivity contribution < 1.29 is 34.1 Å². The topological polar surface area (TPSA) is 177 Å². The van der Waals surface area contributed by atoms with E-state index < -0.39 is 18.2 Å². The van der Waals surface area contributed by atoms with Gasteiger partial charge in [0.25, 0.3) is 11.8 Å². The van der Waals surface area contributed by atoms with Crippen LogP contribution in [0.15, 0.2) is 108 Å². The number of pyridine rings is 1. The molecule has 5 heterocycles. The Bertz CT molecular complexity index is 2450. The van der Waals surface area contributed by atoms with Crippen LogP contribution in [0.4, 0.5) is 4.79 Å². The lowest BCUT2D eigenvalue weighted by atomic mass is 9.86. The molecular weight excluding hydrogens is 813 g/mol. The minimum absolute atomic E-state index is 0.0623.